The highest BCUT2D eigenvalue weighted by atomic mass is 16.5. The van der Waals surface area contributed by atoms with Crippen molar-refractivity contribution in [2.45, 2.75) is 0 Å². The first kappa shape index (κ1) is 17.9. The number of benzene rings is 3. The molecule has 5 rings (SSSR count). The van der Waals surface area contributed by atoms with Gasteiger partial charge >= 0.3 is 5.56 Å². The molecule has 2 heterocycles. The van der Waals surface area contributed by atoms with Crippen molar-refractivity contribution >= 4 is 10.8 Å². The average molecular weight is 390 g/mol. The van der Waals surface area contributed by atoms with Gasteiger partial charge < -0.3 is 5.21 Å². The maximum atomic E-state index is 13.5. The van der Waals surface area contributed by atoms with E-state index in [0.29, 0.717) is 11.1 Å². The molecule has 4 nitrogen and oxygen atoms in total. The predicted octanol–water partition coefficient (Wildman–Crippen LogP) is 4.96. The molecule has 0 spiro atoms. The smallest absolute Gasteiger partial charge is 0.347 e. The lowest BCUT2D eigenvalue weighted by Gasteiger charge is -2.13. The van der Waals surface area contributed by atoms with Gasteiger partial charge in [-0.2, -0.15) is 4.57 Å². The van der Waals surface area contributed by atoms with Crippen LogP contribution in [0.3, 0.4) is 0 Å². The maximum Gasteiger partial charge on any atom is 0.347 e. The largest absolute Gasteiger partial charge is 0.711 e. The van der Waals surface area contributed by atoms with Crippen LogP contribution in [0.25, 0.3) is 39.0 Å². The molecule has 0 atom stereocenters. The van der Waals surface area contributed by atoms with Crippen molar-refractivity contribution < 1.29 is 4.73 Å². The SMILES string of the molecule is O=c1c2ccc(-c3ccccc3)cc2cc(-c2ccccc2)n1-c1cccc[n+]1[O-]. The lowest BCUT2D eigenvalue weighted by molar-refractivity contribution is -0.599. The van der Waals surface area contributed by atoms with Crippen LogP contribution in [0, 0.1) is 5.21 Å². The Labute approximate surface area is 173 Å². The fraction of sp³-hybridized carbons (Fsp3) is 0. The highest BCUT2D eigenvalue weighted by Crippen LogP contribution is 2.27. The van der Waals surface area contributed by atoms with Crippen molar-refractivity contribution in [3.8, 4) is 28.2 Å². The summed E-state index contributed by atoms with van der Waals surface area (Å²) in [5.74, 6) is 0.274. The van der Waals surface area contributed by atoms with E-state index in [9.17, 15) is 10.0 Å². The molecule has 0 aliphatic heterocycles. The number of hydrogen-bond acceptors (Lipinski definition) is 2. The second-order valence-corrected chi connectivity index (χ2v) is 7.09. The summed E-state index contributed by atoms with van der Waals surface area (Å²) in [6, 6.07) is 32.6. The van der Waals surface area contributed by atoms with Gasteiger partial charge in [-0.05, 0) is 40.8 Å². The van der Waals surface area contributed by atoms with E-state index in [1.54, 1.807) is 18.2 Å². The Hall–Kier alpha value is -4.18. The number of rotatable bonds is 3. The van der Waals surface area contributed by atoms with Crippen LogP contribution in [-0.2, 0) is 0 Å². The second-order valence-electron chi connectivity index (χ2n) is 7.09. The lowest BCUT2D eigenvalue weighted by Crippen LogP contribution is -2.36. The van der Waals surface area contributed by atoms with Crippen LogP contribution in [0.2, 0.25) is 0 Å². The summed E-state index contributed by atoms with van der Waals surface area (Å²) in [5, 5.41) is 13.9. The Balaban J connectivity index is 1.84. The van der Waals surface area contributed by atoms with E-state index in [-0.39, 0.29) is 11.4 Å². The molecule has 0 unspecified atom stereocenters. The minimum atomic E-state index is -0.221. The third-order valence-corrected chi connectivity index (χ3v) is 5.23. The van der Waals surface area contributed by atoms with Crippen LogP contribution in [0.15, 0.2) is 114 Å². The Morgan fingerprint density at radius 2 is 1.33 bits per heavy atom. The summed E-state index contributed by atoms with van der Waals surface area (Å²) in [6.07, 6.45) is 1.40. The first-order valence-electron chi connectivity index (χ1n) is 9.71. The molecular formula is C26H18N2O2. The van der Waals surface area contributed by atoms with Crippen molar-refractivity contribution in [3.05, 3.63) is 125 Å². The van der Waals surface area contributed by atoms with Gasteiger partial charge in [0.2, 0.25) is 0 Å². The van der Waals surface area contributed by atoms with Gasteiger partial charge in [0, 0.05) is 11.6 Å². The molecule has 0 radical (unpaired) electrons. The third kappa shape index (κ3) is 3.05. The molecule has 3 aromatic carbocycles. The quantitative estimate of drug-likeness (QED) is 0.323. The zero-order chi connectivity index (χ0) is 20.5. The molecule has 0 bridgehead atoms. The lowest BCUT2D eigenvalue weighted by atomic mass is 10.0. The van der Waals surface area contributed by atoms with Crippen LogP contribution in [-0.4, -0.2) is 4.57 Å². The number of fused-ring (bicyclic) bond motifs is 1. The summed E-state index contributed by atoms with van der Waals surface area (Å²) >= 11 is 0. The Morgan fingerprint density at radius 3 is 2.03 bits per heavy atom. The molecular weight excluding hydrogens is 372 g/mol. The Bertz CT molecular complexity index is 1410. The minimum absolute atomic E-state index is 0.221. The molecule has 0 saturated carbocycles. The van der Waals surface area contributed by atoms with Gasteiger partial charge in [-0.1, -0.05) is 72.8 Å². The monoisotopic (exact) mass is 390 g/mol. The third-order valence-electron chi connectivity index (χ3n) is 5.23. The van der Waals surface area contributed by atoms with Crippen molar-refractivity contribution in [1.29, 1.82) is 0 Å². The summed E-state index contributed by atoms with van der Waals surface area (Å²) < 4.78 is 2.21. The van der Waals surface area contributed by atoms with Gasteiger partial charge in [-0.25, -0.2) is 9.52 Å². The number of aromatic nitrogens is 2. The van der Waals surface area contributed by atoms with Crippen molar-refractivity contribution in [3.63, 3.8) is 0 Å². The van der Waals surface area contributed by atoms with E-state index in [4.69, 9.17) is 0 Å². The zero-order valence-corrected chi connectivity index (χ0v) is 16.1. The average Bonchev–Trinajstić information content (AvgIpc) is 2.80. The molecule has 2 aromatic heterocycles. The van der Waals surface area contributed by atoms with Crippen molar-refractivity contribution in [2.75, 3.05) is 0 Å². The summed E-state index contributed by atoms with van der Waals surface area (Å²) in [7, 11) is 0. The van der Waals surface area contributed by atoms with E-state index in [1.807, 2.05) is 84.9 Å². The van der Waals surface area contributed by atoms with Gasteiger partial charge in [0.15, 0.2) is 0 Å². The fourth-order valence-electron chi connectivity index (χ4n) is 3.77. The van der Waals surface area contributed by atoms with Crippen LogP contribution in [0.5, 0.6) is 0 Å². The normalized spacial score (nSPS) is 10.9. The maximum absolute atomic E-state index is 13.5. The molecule has 30 heavy (non-hydrogen) atoms. The number of nitrogens with zero attached hydrogens (tertiary/aromatic N) is 2. The van der Waals surface area contributed by atoms with E-state index in [1.165, 1.54) is 10.8 Å². The van der Waals surface area contributed by atoms with Gasteiger partial charge in [0.25, 0.3) is 5.82 Å². The molecule has 0 aliphatic rings. The van der Waals surface area contributed by atoms with Gasteiger partial charge in [-0.3, -0.25) is 0 Å². The fourth-order valence-corrected chi connectivity index (χ4v) is 3.77. The molecule has 0 fully saturated rings. The first-order chi connectivity index (χ1) is 14.7. The number of hydrogen-bond donors (Lipinski definition) is 0. The van der Waals surface area contributed by atoms with E-state index >= 15 is 0 Å². The second kappa shape index (κ2) is 7.33. The molecule has 5 aromatic rings. The van der Waals surface area contributed by atoms with Gasteiger partial charge in [0.05, 0.1) is 11.6 Å². The molecule has 0 amide bonds. The zero-order valence-electron chi connectivity index (χ0n) is 16.1. The molecule has 0 saturated heterocycles. The van der Waals surface area contributed by atoms with Crippen molar-refractivity contribution in [1.82, 2.24) is 4.57 Å². The molecule has 4 heteroatoms. The Kier molecular flexibility index (Phi) is 4.37. The highest BCUT2D eigenvalue weighted by Gasteiger charge is 2.21. The standard InChI is InChI=1S/C26H18N2O2/c29-26-23-15-14-21(19-9-3-1-4-10-19)17-22(23)18-24(20-11-5-2-6-12-20)28(26)25-13-7-8-16-27(25)30/h1-18H. The van der Waals surface area contributed by atoms with E-state index in [0.717, 1.165) is 26.8 Å². The van der Waals surface area contributed by atoms with E-state index in [2.05, 4.69) is 0 Å². The number of pyridine rings is 2. The van der Waals surface area contributed by atoms with Crippen LogP contribution in [0.1, 0.15) is 0 Å². The highest BCUT2D eigenvalue weighted by molar-refractivity contribution is 5.90. The van der Waals surface area contributed by atoms with Crippen LogP contribution < -0.4 is 10.3 Å². The molecule has 0 N–H and O–H groups in total. The first-order valence-corrected chi connectivity index (χ1v) is 9.71. The predicted molar refractivity (Wildman–Crippen MR) is 119 cm³/mol. The molecule has 0 aliphatic carbocycles. The summed E-state index contributed by atoms with van der Waals surface area (Å²) in [6.45, 7) is 0. The topological polar surface area (TPSA) is 48.9 Å². The summed E-state index contributed by atoms with van der Waals surface area (Å²) in [5.41, 5.74) is 3.45. The minimum Gasteiger partial charge on any atom is -0.711 e. The Morgan fingerprint density at radius 1 is 0.667 bits per heavy atom. The van der Waals surface area contributed by atoms with Gasteiger partial charge in [0.1, 0.15) is 5.69 Å². The van der Waals surface area contributed by atoms with Gasteiger partial charge in [-0.15, -0.1) is 0 Å². The van der Waals surface area contributed by atoms with Crippen LogP contribution in [0.4, 0.5) is 0 Å². The van der Waals surface area contributed by atoms with E-state index < -0.39 is 0 Å². The summed E-state index contributed by atoms with van der Waals surface area (Å²) in [4.78, 5) is 13.5. The molecule has 144 valence electrons. The van der Waals surface area contributed by atoms with Crippen LogP contribution >= 0.6 is 0 Å². The van der Waals surface area contributed by atoms with Crippen molar-refractivity contribution in [2.24, 2.45) is 0 Å².